The number of nitrogens with zero attached hydrogens (tertiary/aromatic N) is 2. The zero-order chi connectivity index (χ0) is 20.3. The van der Waals surface area contributed by atoms with Gasteiger partial charge < -0.3 is 25.8 Å². The summed E-state index contributed by atoms with van der Waals surface area (Å²) in [6.45, 7) is 0.273. The van der Waals surface area contributed by atoms with Crippen LogP contribution in [-0.4, -0.2) is 53.1 Å². The summed E-state index contributed by atoms with van der Waals surface area (Å²) in [5.74, 6) is -2.26. The van der Waals surface area contributed by atoms with Gasteiger partial charge in [0.05, 0.1) is 18.5 Å². The largest absolute Gasteiger partial charge is 0.384 e. The number of nitrogen functional groups attached to an aromatic ring is 1. The minimum Gasteiger partial charge on any atom is -0.384 e. The van der Waals surface area contributed by atoms with Gasteiger partial charge in [0.2, 0.25) is 5.95 Å². The van der Waals surface area contributed by atoms with E-state index in [0.717, 1.165) is 6.07 Å². The summed E-state index contributed by atoms with van der Waals surface area (Å²) in [6.07, 6.45) is -1.97. The van der Waals surface area contributed by atoms with E-state index in [1.807, 2.05) is 0 Å². The number of rotatable bonds is 5. The van der Waals surface area contributed by atoms with Gasteiger partial charge in [0.15, 0.2) is 12.2 Å². The predicted molar refractivity (Wildman–Crippen MR) is 98.4 cm³/mol. The van der Waals surface area contributed by atoms with Gasteiger partial charge in [0.25, 0.3) is 11.8 Å². The number of pyridine rings is 1. The third-order valence-corrected chi connectivity index (χ3v) is 4.16. The summed E-state index contributed by atoms with van der Waals surface area (Å²) in [5.41, 5.74) is 6.55. The van der Waals surface area contributed by atoms with Crippen LogP contribution in [0.4, 0.5) is 15.8 Å². The van der Waals surface area contributed by atoms with E-state index in [9.17, 15) is 19.1 Å². The maximum absolute atomic E-state index is 13.0. The highest BCUT2D eigenvalue weighted by Gasteiger charge is 2.39. The minimum absolute atomic E-state index is 0.0887. The molecule has 0 radical (unpaired) electrons. The highest BCUT2D eigenvalue weighted by molar-refractivity contribution is 6.04. The first-order valence-electron chi connectivity index (χ1n) is 8.35. The van der Waals surface area contributed by atoms with Crippen LogP contribution in [0, 0.1) is 11.4 Å². The predicted octanol–water partition coefficient (Wildman–Crippen LogP) is 0.236. The van der Waals surface area contributed by atoms with Crippen molar-refractivity contribution in [2.75, 3.05) is 23.4 Å². The van der Waals surface area contributed by atoms with Crippen LogP contribution < -0.4 is 16.0 Å². The van der Waals surface area contributed by atoms with E-state index >= 15 is 0 Å². The fraction of sp³-hybridized carbons (Fsp3) is 0.222. The SMILES string of the molecule is N=C(N)c1ccc(NC(=O)[C@H](O)[C@H]2OCCN(c3ccc(F)nc3)C2=O)cc1. The molecule has 0 unspecified atom stereocenters. The number of aliphatic hydroxyl groups is 1. The van der Waals surface area contributed by atoms with Crippen molar-refractivity contribution in [2.24, 2.45) is 5.73 Å². The number of ether oxygens (including phenoxy) is 1. The van der Waals surface area contributed by atoms with Crippen LogP contribution in [0.25, 0.3) is 0 Å². The van der Waals surface area contributed by atoms with E-state index in [1.165, 1.54) is 41.4 Å². The summed E-state index contributed by atoms with van der Waals surface area (Å²) in [7, 11) is 0. The first-order chi connectivity index (χ1) is 13.4. The molecule has 2 atom stereocenters. The standard InChI is InChI=1S/C18H18FN5O4/c19-13-6-5-12(9-22-13)24-7-8-28-15(18(24)27)14(25)17(26)23-11-3-1-10(2-4-11)16(20)21/h1-6,9,14-15,25H,7-8H2,(H3,20,21)(H,23,26)/t14-,15-/m1/s1. The number of aliphatic hydroxyl groups excluding tert-OH is 1. The van der Waals surface area contributed by atoms with E-state index in [0.29, 0.717) is 16.9 Å². The van der Waals surface area contributed by atoms with Crippen LogP contribution in [0.1, 0.15) is 5.56 Å². The third kappa shape index (κ3) is 4.13. The molecule has 0 bridgehead atoms. The monoisotopic (exact) mass is 387 g/mol. The zero-order valence-corrected chi connectivity index (χ0v) is 14.6. The maximum Gasteiger partial charge on any atom is 0.259 e. The lowest BCUT2D eigenvalue weighted by Gasteiger charge is -2.33. The second-order valence-electron chi connectivity index (χ2n) is 6.05. The first kappa shape index (κ1) is 19.4. The van der Waals surface area contributed by atoms with Crippen molar-refractivity contribution in [1.29, 1.82) is 5.41 Å². The number of anilines is 2. The Morgan fingerprint density at radius 1 is 1.36 bits per heavy atom. The van der Waals surface area contributed by atoms with Gasteiger partial charge in [0, 0.05) is 17.8 Å². The Bertz CT molecular complexity index is 888. The number of hydrogen-bond donors (Lipinski definition) is 4. The lowest BCUT2D eigenvalue weighted by atomic mass is 10.1. The summed E-state index contributed by atoms with van der Waals surface area (Å²) < 4.78 is 18.3. The van der Waals surface area contributed by atoms with Gasteiger partial charge in [0.1, 0.15) is 5.84 Å². The maximum atomic E-state index is 13.0. The van der Waals surface area contributed by atoms with Gasteiger partial charge in [-0.15, -0.1) is 0 Å². The van der Waals surface area contributed by atoms with Gasteiger partial charge in [-0.3, -0.25) is 15.0 Å². The van der Waals surface area contributed by atoms with Gasteiger partial charge in [-0.25, -0.2) is 4.98 Å². The molecular formula is C18H18FN5O4. The summed E-state index contributed by atoms with van der Waals surface area (Å²) in [4.78, 5) is 29.7. The van der Waals surface area contributed by atoms with E-state index in [1.54, 1.807) is 0 Å². The number of carbonyl (C=O) groups is 2. The second-order valence-corrected chi connectivity index (χ2v) is 6.05. The van der Waals surface area contributed by atoms with Crippen LogP contribution in [0.2, 0.25) is 0 Å². The summed E-state index contributed by atoms with van der Waals surface area (Å²) in [6, 6.07) is 8.60. The van der Waals surface area contributed by atoms with Crippen molar-refractivity contribution in [3.8, 4) is 0 Å². The van der Waals surface area contributed by atoms with Crippen LogP contribution in [0.3, 0.4) is 0 Å². The third-order valence-electron chi connectivity index (χ3n) is 4.16. The molecule has 2 aromatic rings. The first-order valence-corrected chi connectivity index (χ1v) is 8.35. The number of hydrogen-bond acceptors (Lipinski definition) is 6. The molecule has 1 saturated heterocycles. The van der Waals surface area contributed by atoms with Crippen molar-refractivity contribution in [3.05, 3.63) is 54.1 Å². The van der Waals surface area contributed by atoms with Crippen molar-refractivity contribution in [2.45, 2.75) is 12.2 Å². The molecular weight excluding hydrogens is 369 g/mol. The van der Waals surface area contributed by atoms with Gasteiger partial charge in [-0.05, 0) is 36.4 Å². The Morgan fingerprint density at radius 3 is 2.68 bits per heavy atom. The number of amides is 2. The fourth-order valence-corrected chi connectivity index (χ4v) is 2.70. The Labute approximate surface area is 159 Å². The average Bonchev–Trinajstić information content (AvgIpc) is 2.69. The van der Waals surface area contributed by atoms with Gasteiger partial charge >= 0.3 is 0 Å². The van der Waals surface area contributed by atoms with Crippen LogP contribution in [0.5, 0.6) is 0 Å². The molecule has 2 heterocycles. The molecule has 1 aromatic carbocycles. The molecule has 3 rings (SSSR count). The molecule has 0 spiro atoms. The molecule has 146 valence electrons. The van der Waals surface area contributed by atoms with Crippen LogP contribution in [0.15, 0.2) is 42.6 Å². The Kier molecular flexibility index (Phi) is 5.62. The highest BCUT2D eigenvalue weighted by Crippen LogP contribution is 2.20. The Morgan fingerprint density at radius 2 is 2.07 bits per heavy atom. The van der Waals surface area contributed by atoms with Gasteiger partial charge in [-0.1, -0.05) is 0 Å². The number of nitrogens with two attached hydrogens (primary N) is 1. The molecule has 1 aliphatic heterocycles. The van der Waals surface area contributed by atoms with Gasteiger partial charge in [-0.2, -0.15) is 4.39 Å². The summed E-state index contributed by atoms with van der Waals surface area (Å²) in [5, 5.41) is 20.1. The average molecular weight is 387 g/mol. The number of carbonyl (C=O) groups excluding carboxylic acids is 2. The van der Waals surface area contributed by atoms with Crippen molar-refractivity contribution in [1.82, 2.24) is 4.98 Å². The number of halogens is 1. The van der Waals surface area contributed by atoms with E-state index < -0.39 is 30.0 Å². The fourth-order valence-electron chi connectivity index (χ4n) is 2.70. The van der Waals surface area contributed by atoms with E-state index in [-0.39, 0.29) is 19.0 Å². The Hall–Kier alpha value is -3.37. The topological polar surface area (TPSA) is 142 Å². The number of aromatic nitrogens is 1. The molecule has 1 aliphatic rings. The second kappa shape index (κ2) is 8.11. The number of nitrogens with one attached hydrogen (secondary N) is 2. The number of amidine groups is 1. The normalized spacial score (nSPS) is 17.9. The lowest BCUT2D eigenvalue weighted by Crippen LogP contribution is -2.55. The van der Waals surface area contributed by atoms with Crippen molar-refractivity contribution in [3.63, 3.8) is 0 Å². The minimum atomic E-state index is -1.75. The number of benzene rings is 1. The molecule has 1 fully saturated rings. The smallest absolute Gasteiger partial charge is 0.259 e. The lowest BCUT2D eigenvalue weighted by molar-refractivity contribution is -0.150. The summed E-state index contributed by atoms with van der Waals surface area (Å²) >= 11 is 0. The molecule has 0 aliphatic carbocycles. The molecule has 1 aromatic heterocycles. The molecule has 5 N–H and O–H groups in total. The molecule has 2 amide bonds. The van der Waals surface area contributed by atoms with Crippen molar-refractivity contribution < 1.29 is 23.8 Å². The molecule has 28 heavy (non-hydrogen) atoms. The van der Waals surface area contributed by atoms with Crippen LogP contribution >= 0.6 is 0 Å². The van der Waals surface area contributed by atoms with Crippen molar-refractivity contribution >= 4 is 29.0 Å². The molecule has 10 heteroatoms. The Balaban J connectivity index is 1.69. The molecule has 9 nitrogen and oxygen atoms in total. The van der Waals surface area contributed by atoms with E-state index in [2.05, 4.69) is 10.3 Å². The highest BCUT2D eigenvalue weighted by atomic mass is 19.1. The quantitative estimate of drug-likeness (QED) is 0.329. The zero-order valence-electron chi connectivity index (χ0n) is 14.6. The van der Waals surface area contributed by atoms with Crippen LogP contribution in [-0.2, 0) is 14.3 Å². The number of morpholine rings is 1. The molecule has 0 saturated carbocycles. The van der Waals surface area contributed by atoms with E-state index in [4.69, 9.17) is 15.9 Å².